The fraction of sp³-hybridized carbons (Fsp3) is 0.500. The summed E-state index contributed by atoms with van der Waals surface area (Å²) in [5.74, 6) is 6.16. The Morgan fingerprint density at radius 1 is 1.39 bits per heavy atom. The second-order valence-electron chi connectivity index (χ2n) is 5.47. The standard InChI is InChI=1S/C14H22N2O2/c1-14(2,3)11-8-10(6-7-12(11)18-5)9-13(17)16(4)15/h6-8H,9,15H2,1-5H3. The third kappa shape index (κ3) is 3.47. The zero-order valence-corrected chi connectivity index (χ0v) is 11.8. The Hall–Kier alpha value is -1.55. The zero-order chi connectivity index (χ0) is 13.9. The van der Waals surface area contributed by atoms with Crippen LogP contribution in [-0.4, -0.2) is 25.1 Å². The first kappa shape index (κ1) is 14.5. The first-order chi connectivity index (χ1) is 8.25. The molecule has 0 atom stereocenters. The first-order valence-electron chi connectivity index (χ1n) is 5.94. The van der Waals surface area contributed by atoms with Crippen molar-refractivity contribution < 1.29 is 9.53 Å². The van der Waals surface area contributed by atoms with E-state index in [-0.39, 0.29) is 11.3 Å². The summed E-state index contributed by atoms with van der Waals surface area (Å²) in [6, 6.07) is 5.81. The maximum atomic E-state index is 11.6. The smallest absolute Gasteiger partial charge is 0.240 e. The van der Waals surface area contributed by atoms with Crippen molar-refractivity contribution in [3.05, 3.63) is 29.3 Å². The quantitative estimate of drug-likeness (QED) is 0.506. The molecule has 1 aromatic rings. The Morgan fingerprint density at radius 2 is 2.00 bits per heavy atom. The van der Waals surface area contributed by atoms with Crippen LogP contribution in [0.2, 0.25) is 0 Å². The molecule has 1 aromatic carbocycles. The SMILES string of the molecule is COc1ccc(CC(=O)N(C)N)cc1C(C)(C)C. The molecule has 0 aliphatic heterocycles. The summed E-state index contributed by atoms with van der Waals surface area (Å²) in [5.41, 5.74) is 2.01. The van der Waals surface area contributed by atoms with Gasteiger partial charge >= 0.3 is 0 Å². The predicted molar refractivity (Wildman–Crippen MR) is 72.4 cm³/mol. The fourth-order valence-electron chi connectivity index (χ4n) is 1.75. The van der Waals surface area contributed by atoms with Crippen LogP contribution in [0.5, 0.6) is 5.75 Å². The predicted octanol–water partition coefficient (Wildman–Crippen LogP) is 1.87. The zero-order valence-electron chi connectivity index (χ0n) is 11.8. The van der Waals surface area contributed by atoms with Crippen LogP contribution >= 0.6 is 0 Å². The van der Waals surface area contributed by atoms with Crippen molar-refractivity contribution in [2.45, 2.75) is 32.6 Å². The van der Waals surface area contributed by atoms with Crippen molar-refractivity contribution in [2.75, 3.05) is 14.2 Å². The van der Waals surface area contributed by atoms with E-state index in [9.17, 15) is 4.79 Å². The van der Waals surface area contributed by atoms with E-state index < -0.39 is 0 Å². The van der Waals surface area contributed by atoms with Crippen LogP contribution in [0.3, 0.4) is 0 Å². The number of nitrogens with two attached hydrogens (primary N) is 1. The fourth-order valence-corrected chi connectivity index (χ4v) is 1.75. The molecule has 0 fully saturated rings. The lowest BCUT2D eigenvalue weighted by Crippen LogP contribution is -2.34. The van der Waals surface area contributed by atoms with Gasteiger partial charge in [-0.2, -0.15) is 0 Å². The Morgan fingerprint density at radius 3 is 2.44 bits per heavy atom. The monoisotopic (exact) mass is 250 g/mol. The number of carbonyl (C=O) groups excluding carboxylic acids is 1. The van der Waals surface area contributed by atoms with Gasteiger partial charge in [0.15, 0.2) is 0 Å². The number of nitrogens with zero attached hydrogens (tertiary/aromatic N) is 1. The molecule has 0 bridgehead atoms. The molecule has 0 aromatic heterocycles. The second-order valence-corrected chi connectivity index (χ2v) is 5.47. The molecular weight excluding hydrogens is 228 g/mol. The molecule has 100 valence electrons. The Labute approximate surface area is 109 Å². The molecule has 0 heterocycles. The van der Waals surface area contributed by atoms with Crippen molar-refractivity contribution in [2.24, 2.45) is 5.84 Å². The minimum atomic E-state index is -0.111. The number of rotatable bonds is 3. The minimum Gasteiger partial charge on any atom is -0.496 e. The van der Waals surface area contributed by atoms with Gasteiger partial charge in [-0.1, -0.05) is 32.9 Å². The van der Waals surface area contributed by atoms with E-state index in [1.165, 1.54) is 0 Å². The van der Waals surface area contributed by atoms with Crippen LogP contribution in [0.15, 0.2) is 18.2 Å². The molecule has 1 rings (SSSR count). The van der Waals surface area contributed by atoms with Crippen LogP contribution in [0.1, 0.15) is 31.9 Å². The lowest BCUT2D eigenvalue weighted by molar-refractivity contribution is -0.129. The molecule has 0 spiro atoms. The number of hydrogen-bond donors (Lipinski definition) is 1. The lowest BCUT2D eigenvalue weighted by Gasteiger charge is -2.23. The van der Waals surface area contributed by atoms with Gasteiger partial charge in [-0.3, -0.25) is 9.80 Å². The number of hydrazine groups is 1. The molecule has 2 N–H and O–H groups in total. The van der Waals surface area contributed by atoms with Gasteiger partial charge in [0.2, 0.25) is 5.91 Å². The molecule has 0 unspecified atom stereocenters. The molecule has 4 nitrogen and oxygen atoms in total. The topological polar surface area (TPSA) is 55.6 Å². The summed E-state index contributed by atoms with van der Waals surface area (Å²) in [6.07, 6.45) is 0.306. The van der Waals surface area contributed by atoms with Crippen molar-refractivity contribution >= 4 is 5.91 Å². The Balaban J connectivity index is 3.08. The average Bonchev–Trinajstić information content (AvgIpc) is 2.27. The summed E-state index contributed by atoms with van der Waals surface area (Å²) in [7, 11) is 3.21. The highest BCUT2D eigenvalue weighted by molar-refractivity contribution is 5.78. The summed E-state index contributed by atoms with van der Waals surface area (Å²) >= 11 is 0. The molecule has 0 aliphatic rings. The molecule has 0 aliphatic carbocycles. The van der Waals surface area contributed by atoms with Crippen molar-refractivity contribution in [3.8, 4) is 5.75 Å². The average molecular weight is 250 g/mol. The first-order valence-corrected chi connectivity index (χ1v) is 5.94. The van der Waals surface area contributed by atoms with E-state index in [1.54, 1.807) is 14.2 Å². The summed E-state index contributed by atoms with van der Waals surface area (Å²) in [4.78, 5) is 11.6. The Bertz CT molecular complexity index is 434. The third-order valence-electron chi connectivity index (χ3n) is 2.82. The molecule has 18 heavy (non-hydrogen) atoms. The lowest BCUT2D eigenvalue weighted by atomic mass is 9.85. The van der Waals surface area contributed by atoms with E-state index >= 15 is 0 Å². The van der Waals surface area contributed by atoms with E-state index in [2.05, 4.69) is 20.8 Å². The van der Waals surface area contributed by atoms with Crippen LogP contribution in [0, 0.1) is 0 Å². The van der Waals surface area contributed by atoms with Gasteiger partial charge in [0.25, 0.3) is 0 Å². The van der Waals surface area contributed by atoms with Crippen LogP contribution < -0.4 is 10.6 Å². The normalized spacial score (nSPS) is 11.2. The van der Waals surface area contributed by atoms with E-state index in [0.717, 1.165) is 21.9 Å². The number of hydrogen-bond acceptors (Lipinski definition) is 3. The van der Waals surface area contributed by atoms with E-state index in [1.807, 2.05) is 18.2 Å². The van der Waals surface area contributed by atoms with Gasteiger partial charge in [-0.05, 0) is 22.6 Å². The van der Waals surface area contributed by atoms with Gasteiger partial charge in [0, 0.05) is 7.05 Å². The highest BCUT2D eigenvalue weighted by atomic mass is 16.5. The summed E-state index contributed by atoms with van der Waals surface area (Å²) < 4.78 is 5.36. The number of methoxy groups -OCH3 is 1. The molecule has 0 radical (unpaired) electrons. The summed E-state index contributed by atoms with van der Waals surface area (Å²) in [6.45, 7) is 6.35. The highest BCUT2D eigenvalue weighted by Crippen LogP contribution is 2.32. The molecule has 1 amide bonds. The molecular formula is C14H22N2O2. The van der Waals surface area contributed by atoms with Crippen LogP contribution in [0.4, 0.5) is 0 Å². The highest BCUT2D eigenvalue weighted by Gasteiger charge is 2.19. The number of ether oxygens (including phenoxy) is 1. The summed E-state index contributed by atoms with van der Waals surface area (Å²) in [5, 5.41) is 1.11. The Kier molecular flexibility index (Phi) is 4.35. The molecule has 0 saturated heterocycles. The van der Waals surface area contributed by atoms with E-state index in [4.69, 9.17) is 10.6 Å². The van der Waals surface area contributed by atoms with Crippen molar-refractivity contribution in [3.63, 3.8) is 0 Å². The van der Waals surface area contributed by atoms with Gasteiger partial charge in [0.05, 0.1) is 13.5 Å². The largest absolute Gasteiger partial charge is 0.496 e. The van der Waals surface area contributed by atoms with E-state index in [0.29, 0.717) is 6.42 Å². The molecule has 0 saturated carbocycles. The van der Waals surface area contributed by atoms with Crippen molar-refractivity contribution in [1.82, 2.24) is 5.01 Å². The number of benzene rings is 1. The van der Waals surface area contributed by atoms with Gasteiger partial charge in [-0.15, -0.1) is 0 Å². The number of likely N-dealkylation sites (N-methyl/N-ethyl adjacent to an activating group) is 1. The van der Waals surface area contributed by atoms with Crippen LogP contribution in [0.25, 0.3) is 0 Å². The van der Waals surface area contributed by atoms with Gasteiger partial charge in [-0.25, -0.2) is 5.84 Å². The second kappa shape index (κ2) is 5.40. The minimum absolute atomic E-state index is 0.0288. The van der Waals surface area contributed by atoms with Crippen LogP contribution in [-0.2, 0) is 16.6 Å². The maximum absolute atomic E-state index is 11.6. The molecule has 4 heteroatoms. The van der Waals surface area contributed by atoms with Gasteiger partial charge in [0.1, 0.15) is 5.75 Å². The van der Waals surface area contributed by atoms with Crippen molar-refractivity contribution in [1.29, 1.82) is 0 Å². The number of carbonyl (C=O) groups is 1. The maximum Gasteiger partial charge on any atom is 0.240 e. The number of amides is 1. The third-order valence-corrected chi connectivity index (χ3v) is 2.82. The van der Waals surface area contributed by atoms with Gasteiger partial charge < -0.3 is 4.74 Å².